The summed E-state index contributed by atoms with van der Waals surface area (Å²) in [4.78, 5) is 0. The number of hydrogen-bond donors (Lipinski definition) is 3. The highest BCUT2D eigenvalue weighted by atomic mass is 16.5. The van der Waals surface area contributed by atoms with Crippen LogP contribution in [0.5, 0.6) is 11.5 Å². The lowest BCUT2D eigenvalue weighted by Crippen LogP contribution is -2.32. The minimum Gasteiger partial charge on any atom is -0.493 e. The minimum absolute atomic E-state index is 0.0204. The molecule has 1 rings (SSSR count). The summed E-state index contributed by atoms with van der Waals surface area (Å²) in [6.07, 6.45) is -0.590. The first-order valence-electron chi connectivity index (χ1n) is 7.57. The third kappa shape index (κ3) is 8.15. The molecule has 0 heterocycles. The molecule has 7 heteroatoms. The lowest BCUT2D eigenvalue weighted by atomic mass is 10.2. The van der Waals surface area contributed by atoms with Crippen LogP contribution in [0.25, 0.3) is 0 Å². The normalized spacial score (nSPS) is 12.2. The van der Waals surface area contributed by atoms with Crippen LogP contribution in [0.1, 0.15) is 5.56 Å². The number of aliphatic hydroxyl groups is 2. The number of rotatable bonds is 13. The number of ether oxygens (including phenoxy) is 4. The average Bonchev–Trinajstić information content (AvgIpc) is 2.57. The molecule has 0 spiro atoms. The van der Waals surface area contributed by atoms with Gasteiger partial charge in [-0.05, 0) is 17.7 Å². The zero-order chi connectivity index (χ0) is 16.9. The van der Waals surface area contributed by atoms with Gasteiger partial charge in [-0.2, -0.15) is 0 Å². The van der Waals surface area contributed by atoms with E-state index < -0.39 is 6.10 Å². The Hall–Kier alpha value is -1.38. The summed E-state index contributed by atoms with van der Waals surface area (Å²) < 4.78 is 21.0. The van der Waals surface area contributed by atoms with Crippen LogP contribution in [0.4, 0.5) is 0 Å². The van der Waals surface area contributed by atoms with Crippen molar-refractivity contribution in [3.8, 4) is 11.5 Å². The van der Waals surface area contributed by atoms with Crippen LogP contribution >= 0.6 is 0 Å². The van der Waals surface area contributed by atoms with Gasteiger partial charge in [-0.3, -0.25) is 0 Å². The topological polar surface area (TPSA) is 89.4 Å². The summed E-state index contributed by atoms with van der Waals surface area (Å²) in [5.41, 5.74) is 0.945. The molecule has 0 aliphatic heterocycles. The van der Waals surface area contributed by atoms with E-state index in [1.165, 1.54) is 0 Å². The second-order valence-electron chi connectivity index (χ2n) is 4.90. The monoisotopic (exact) mass is 329 g/mol. The number of methoxy groups -OCH3 is 2. The summed E-state index contributed by atoms with van der Waals surface area (Å²) in [7, 11) is 3.18. The minimum atomic E-state index is -0.590. The second-order valence-corrected chi connectivity index (χ2v) is 4.90. The standard InChI is InChI=1S/C16H27NO6/c1-20-15-4-3-13(9-16(15)21-2)11-23-12-14(19)10-17-5-7-22-8-6-18/h3-4,9,14,17-19H,5-8,10-12H2,1-2H3. The summed E-state index contributed by atoms with van der Waals surface area (Å²) in [5, 5.41) is 21.4. The van der Waals surface area contributed by atoms with Gasteiger partial charge in [-0.1, -0.05) is 6.07 Å². The van der Waals surface area contributed by atoms with E-state index in [9.17, 15) is 5.11 Å². The molecule has 0 bridgehead atoms. The fraction of sp³-hybridized carbons (Fsp3) is 0.625. The Morgan fingerprint density at radius 3 is 2.57 bits per heavy atom. The smallest absolute Gasteiger partial charge is 0.161 e. The van der Waals surface area contributed by atoms with E-state index in [1.54, 1.807) is 14.2 Å². The van der Waals surface area contributed by atoms with Gasteiger partial charge in [0.15, 0.2) is 11.5 Å². The Labute approximate surface area is 137 Å². The molecule has 0 saturated carbocycles. The Kier molecular flexibility index (Phi) is 10.3. The molecule has 1 aromatic rings. The predicted molar refractivity (Wildman–Crippen MR) is 86.0 cm³/mol. The molecule has 3 N–H and O–H groups in total. The van der Waals surface area contributed by atoms with Crippen LogP contribution in [0.3, 0.4) is 0 Å². The molecule has 7 nitrogen and oxygen atoms in total. The Balaban J connectivity index is 2.18. The highest BCUT2D eigenvalue weighted by molar-refractivity contribution is 5.42. The van der Waals surface area contributed by atoms with E-state index in [4.69, 9.17) is 24.1 Å². The molecule has 0 aromatic heterocycles. The first kappa shape index (κ1) is 19.7. The lowest BCUT2D eigenvalue weighted by Gasteiger charge is -2.13. The molecule has 23 heavy (non-hydrogen) atoms. The third-order valence-electron chi connectivity index (χ3n) is 3.07. The fourth-order valence-corrected chi connectivity index (χ4v) is 1.92. The van der Waals surface area contributed by atoms with Crippen molar-refractivity contribution < 1.29 is 29.2 Å². The van der Waals surface area contributed by atoms with Gasteiger partial charge in [0.2, 0.25) is 0 Å². The van der Waals surface area contributed by atoms with Gasteiger partial charge < -0.3 is 34.5 Å². The number of hydrogen-bond acceptors (Lipinski definition) is 7. The molecule has 0 amide bonds. The zero-order valence-corrected chi connectivity index (χ0v) is 13.8. The number of nitrogens with one attached hydrogen (secondary N) is 1. The summed E-state index contributed by atoms with van der Waals surface area (Å²) in [6, 6.07) is 5.56. The van der Waals surface area contributed by atoms with Gasteiger partial charge in [0.05, 0.1) is 53.4 Å². The molecule has 1 atom stereocenters. The van der Waals surface area contributed by atoms with Gasteiger partial charge in [0.1, 0.15) is 0 Å². The van der Waals surface area contributed by atoms with Crippen molar-refractivity contribution in [2.24, 2.45) is 0 Å². The van der Waals surface area contributed by atoms with Crippen LogP contribution in [-0.4, -0.2) is 70.1 Å². The first-order valence-corrected chi connectivity index (χ1v) is 7.57. The Morgan fingerprint density at radius 2 is 1.87 bits per heavy atom. The maximum Gasteiger partial charge on any atom is 0.161 e. The average molecular weight is 329 g/mol. The number of aliphatic hydroxyl groups excluding tert-OH is 2. The van der Waals surface area contributed by atoms with E-state index in [-0.39, 0.29) is 13.2 Å². The lowest BCUT2D eigenvalue weighted by molar-refractivity contribution is 0.0272. The molecule has 0 aliphatic rings. The van der Waals surface area contributed by atoms with Gasteiger partial charge in [0.25, 0.3) is 0 Å². The van der Waals surface area contributed by atoms with Gasteiger partial charge in [0, 0.05) is 13.1 Å². The van der Waals surface area contributed by atoms with Gasteiger partial charge in [-0.25, -0.2) is 0 Å². The molecule has 0 aliphatic carbocycles. The summed E-state index contributed by atoms with van der Waals surface area (Å²) >= 11 is 0. The van der Waals surface area contributed by atoms with E-state index >= 15 is 0 Å². The Morgan fingerprint density at radius 1 is 1.09 bits per heavy atom. The third-order valence-corrected chi connectivity index (χ3v) is 3.07. The van der Waals surface area contributed by atoms with Crippen LogP contribution < -0.4 is 14.8 Å². The van der Waals surface area contributed by atoms with Crippen LogP contribution in [0, 0.1) is 0 Å². The molecule has 0 fully saturated rings. The van der Waals surface area contributed by atoms with E-state index in [1.807, 2.05) is 18.2 Å². The van der Waals surface area contributed by atoms with E-state index in [0.717, 1.165) is 5.56 Å². The van der Waals surface area contributed by atoms with Gasteiger partial charge in [-0.15, -0.1) is 0 Å². The summed E-state index contributed by atoms with van der Waals surface area (Å²) in [6.45, 7) is 2.52. The highest BCUT2D eigenvalue weighted by Crippen LogP contribution is 2.27. The van der Waals surface area contributed by atoms with Crippen LogP contribution in [-0.2, 0) is 16.1 Å². The molecular formula is C16H27NO6. The van der Waals surface area contributed by atoms with Crippen molar-refractivity contribution in [3.63, 3.8) is 0 Å². The first-order chi connectivity index (χ1) is 11.2. The fourth-order valence-electron chi connectivity index (χ4n) is 1.92. The molecule has 132 valence electrons. The van der Waals surface area contributed by atoms with Crippen molar-refractivity contribution in [3.05, 3.63) is 23.8 Å². The second kappa shape index (κ2) is 12.1. The van der Waals surface area contributed by atoms with Crippen LogP contribution in [0.2, 0.25) is 0 Å². The van der Waals surface area contributed by atoms with E-state index in [0.29, 0.717) is 44.4 Å². The molecular weight excluding hydrogens is 302 g/mol. The molecule has 1 aromatic carbocycles. The number of benzene rings is 1. The largest absolute Gasteiger partial charge is 0.493 e. The summed E-state index contributed by atoms with van der Waals surface area (Å²) in [5.74, 6) is 1.32. The van der Waals surface area contributed by atoms with Crippen molar-refractivity contribution in [2.45, 2.75) is 12.7 Å². The maximum atomic E-state index is 9.80. The molecule has 0 saturated heterocycles. The zero-order valence-electron chi connectivity index (χ0n) is 13.8. The van der Waals surface area contributed by atoms with Crippen LogP contribution in [0.15, 0.2) is 18.2 Å². The van der Waals surface area contributed by atoms with Crippen molar-refractivity contribution >= 4 is 0 Å². The molecule has 1 unspecified atom stereocenters. The van der Waals surface area contributed by atoms with Crippen molar-refractivity contribution in [1.29, 1.82) is 0 Å². The van der Waals surface area contributed by atoms with E-state index in [2.05, 4.69) is 5.32 Å². The quantitative estimate of drug-likeness (QED) is 0.445. The highest BCUT2D eigenvalue weighted by Gasteiger charge is 2.07. The predicted octanol–water partition coefficient (Wildman–Crippen LogP) is 0.180. The van der Waals surface area contributed by atoms with Crippen molar-refractivity contribution in [1.82, 2.24) is 5.32 Å². The SMILES string of the molecule is COc1ccc(COCC(O)CNCCOCCO)cc1OC. The Bertz CT molecular complexity index is 429. The maximum absolute atomic E-state index is 9.80. The van der Waals surface area contributed by atoms with Crippen molar-refractivity contribution in [2.75, 3.05) is 53.7 Å². The molecule has 0 radical (unpaired) electrons. The van der Waals surface area contributed by atoms with Gasteiger partial charge >= 0.3 is 0 Å².